The lowest BCUT2D eigenvalue weighted by Gasteiger charge is -2.24. The van der Waals surface area contributed by atoms with Crippen molar-refractivity contribution in [3.05, 3.63) is 65.2 Å². The van der Waals surface area contributed by atoms with Crippen molar-refractivity contribution in [2.24, 2.45) is 0 Å². The number of halogens is 5. The van der Waals surface area contributed by atoms with Gasteiger partial charge in [0.25, 0.3) is 0 Å². The van der Waals surface area contributed by atoms with Crippen molar-refractivity contribution in [2.45, 2.75) is 32.7 Å². The van der Waals surface area contributed by atoms with Crippen molar-refractivity contribution >= 4 is 17.8 Å². The summed E-state index contributed by atoms with van der Waals surface area (Å²) in [6, 6.07) is 5.94. The van der Waals surface area contributed by atoms with Gasteiger partial charge in [0.15, 0.2) is 28.8 Å². The number of carbonyl (C=O) groups is 2. The number of hydrogen-bond acceptors (Lipinski definition) is 5. The van der Waals surface area contributed by atoms with Gasteiger partial charge in [0.05, 0.1) is 6.61 Å². The lowest BCUT2D eigenvalue weighted by atomic mass is 10.1. The first-order valence-corrected chi connectivity index (χ1v) is 9.26. The first kappa shape index (κ1) is 24.8. The highest BCUT2D eigenvalue weighted by Gasteiger charge is 2.34. The van der Waals surface area contributed by atoms with E-state index in [0.29, 0.717) is 0 Å². The average Bonchev–Trinajstić information content (AvgIpc) is 2.68. The molecular weight excluding hydrogens is 439 g/mol. The molecule has 0 saturated carbocycles. The number of esters is 1. The summed E-state index contributed by atoms with van der Waals surface area (Å²) in [7, 11) is 0. The van der Waals surface area contributed by atoms with Gasteiger partial charge < -0.3 is 14.2 Å². The predicted octanol–water partition coefficient (Wildman–Crippen LogP) is 5.48. The van der Waals surface area contributed by atoms with E-state index in [1.807, 2.05) is 0 Å². The van der Waals surface area contributed by atoms with E-state index in [0.717, 1.165) is 48.6 Å². The number of carbonyl (C=O) groups excluding carboxylic acids is 2. The monoisotopic (exact) mass is 458 g/mol. The maximum absolute atomic E-state index is 14.4. The number of ether oxygens (including phenoxy) is 3. The Morgan fingerprint density at radius 2 is 1.53 bits per heavy atom. The number of hydrogen-bond donors (Lipinski definition) is 0. The van der Waals surface area contributed by atoms with E-state index >= 15 is 0 Å². The van der Waals surface area contributed by atoms with Crippen LogP contribution in [0.4, 0.5) is 22.0 Å². The van der Waals surface area contributed by atoms with E-state index in [2.05, 4.69) is 4.74 Å². The third-order valence-corrected chi connectivity index (χ3v) is 3.94. The first-order chi connectivity index (χ1) is 14.8. The fourth-order valence-corrected chi connectivity index (χ4v) is 2.46. The molecule has 2 rings (SSSR count). The number of alkyl halides is 3. The molecule has 2 aromatic rings. The third kappa shape index (κ3) is 6.79. The molecule has 0 unspecified atom stereocenters. The van der Waals surface area contributed by atoms with Gasteiger partial charge in [0, 0.05) is 5.56 Å². The summed E-state index contributed by atoms with van der Waals surface area (Å²) in [6.07, 6.45) is -2.74. The van der Waals surface area contributed by atoms with Crippen LogP contribution >= 0.6 is 0 Å². The van der Waals surface area contributed by atoms with Gasteiger partial charge in [-0.25, -0.2) is 13.6 Å². The van der Waals surface area contributed by atoms with Crippen molar-refractivity contribution in [3.8, 4) is 11.5 Å². The van der Waals surface area contributed by atoms with Gasteiger partial charge in [-0.2, -0.15) is 0 Å². The molecule has 0 N–H and O–H groups in total. The van der Waals surface area contributed by atoms with Crippen molar-refractivity contribution in [1.29, 1.82) is 0 Å². The molecule has 10 heteroatoms. The number of rotatable bonds is 8. The van der Waals surface area contributed by atoms with Crippen LogP contribution in [0.3, 0.4) is 0 Å². The van der Waals surface area contributed by atoms with Gasteiger partial charge in [-0.3, -0.25) is 4.79 Å². The van der Waals surface area contributed by atoms with Crippen molar-refractivity contribution in [1.82, 2.24) is 0 Å². The van der Waals surface area contributed by atoms with Crippen LogP contribution in [0, 0.1) is 11.6 Å². The third-order valence-electron chi connectivity index (χ3n) is 3.94. The maximum Gasteiger partial charge on any atom is 0.573 e. The van der Waals surface area contributed by atoms with E-state index in [1.165, 1.54) is 13.8 Å². The second kappa shape index (κ2) is 9.80. The van der Waals surface area contributed by atoms with Gasteiger partial charge in [-0.15, -0.1) is 13.2 Å². The fourth-order valence-electron chi connectivity index (χ4n) is 2.46. The minimum absolute atomic E-state index is 0.0216. The highest BCUT2D eigenvalue weighted by Crippen LogP contribution is 2.28. The Morgan fingerprint density at radius 3 is 2.03 bits per heavy atom. The van der Waals surface area contributed by atoms with Gasteiger partial charge >= 0.3 is 12.3 Å². The molecule has 0 aliphatic heterocycles. The van der Waals surface area contributed by atoms with Crippen LogP contribution in [-0.4, -0.2) is 30.3 Å². The Kier molecular flexibility index (Phi) is 7.60. The lowest BCUT2D eigenvalue weighted by Crippen LogP contribution is -2.40. The first-order valence-electron chi connectivity index (χ1n) is 9.26. The summed E-state index contributed by atoms with van der Waals surface area (Å²) >= 11 is 0. The number of allylic oxidation sites excluding steroid dienone is 1. The summed E-state index contributed by atoms with van der Waals surface area (Å²) in [5.41, 5.74) is -1.63. The second-order valence-corrected chi connectivity index (χ2v) is 6.92. The summed E-state index contributed by atoms with van der Waals surface area (Å²) in [5.74, 6) is -4.92. The zero-order valence-corrected chi connectivity index (χ0v) is 17.3. The molecule has 2 aromatic carbocycles. The molecule has 0 spiro atoms. The van der Waals surface area contributed by atoms with Gasteiger partial charge in [-0.1, -0.05) is 6.08 Å². The smallest absolute Gasteiger partial charge is 0.470 e. The molecule has 5 nitrogen and oxygen atoms in total. The number of benzene rings is 2. The predicted molar refractivity (Wildman–Crippen MR) is 104 cm³/mol. The Balaban J connectivity index is 2.14. The fraction of sp³-hybridized carbons (Fsp3) is 0.273. The highest BCUT2D eigenvalue weighted by atomic mass is 19.4. The highest BCUT2D eigenvalue weighted by molar-refractivity contribution is 6.06. The zero-order chi connectivity index (χ0) is 24.1. The largest absolute Gasteiger partial charge is 0.573 e. The van der Waals surface area contributed by atoms with E-state index in [-0.39, 0.29) is 17.7 Å². The van der Waals surface area contributed by atoms with Crippen LogP contribution in [-0.2, 0) is 9.53 Å². The van der Waals surface area contributed by atoms with Crippen LogP contribution in [0.5, 0.6) is 11.5 Å². The second-order valence-electron chi connectivity index (χ2n) is 6.92. The van der Waals surface area contributed by atoms with Gasteiger partial charge in [0.1, 0.15) is 5.75 Å². The zero-order valence-electron chi connectivity index (χ0n) is 17.3. The minimum atomic E-state index is -4.86. The molecule has 0 heterocycles. The van der Waals surface area contributed by atoms with Gasteiger partial charge in [0.2, 0.25) is 0 Å². The maximum atomic E-state index is 14.4. The standard InChI is InChI=1S/C22H19F5O5/c1-4-30-20(29)21(2,3)32-19-16(23)11-13(12-17(19)24)5-10-18(28)14-6-8-15(9-7-14)31-22(25,26)27/h5-12H,4H2,1-3H3. The SMILES string of the molecule is CCOC(=O)C(C)(C)Oc1c(F)cc(C=CC(=O)c2ccc(OC(F)(F)F)cc2)cc1F. The Labute approximate surface area is 180 Å². The Hall–Kier alpha value is -3.43. The summed E-state index contributed by atoms with van der Waals surface area (Å²) in [4.78, 5) is 24.0. The molecular formula is C22H19F5O5. The molecule has 0 aliphatic rings. The van der Waals surface area contributed by atoms with E-state index in [4.69, 9.17) is 9.47 Å². The number of ketones is 1. The van der Waals surface area contributed by atoms with Crippen molar-refractivity contribution < 1.29 is 45.8 Å². The average molecular weight is 458 g/mol. The molecule has 0 aliphatic carbocycles. The van der Waals surface area contributed by atoms with Crippen LogP contribution in [0.25, 0.3) is 6.08 Å². The van der Waals surface area contributed by atoms with Gasteiger partial charge in [-0.05, 0) is 68.8 Å². The molecule has 0 radical (unpaired) electrons. The summed E-state index contributed by atoms with van der Waals surface area (Å²) in [6.45, 7) is 4.22. The Bertz CT molecular complexity index is 987. The van der Waals surface area contributed by atoms with Crippen molar-refractivity contribution in [3.63, 3.8) is 0 Å². The quantitative estimate of drug-likeness (QED) is 0.227. The van der Waals surface area contributed by atoms with Crippen LogP contribution in [0.1, 0.15) is 36.7 Å². The topological polar surface area (TPSA) is 61.8 Å². The molecule has 172 valence electrons. The van der Waals surface area contributed by atoms with Crippen LogP contribution in [0.2, 0.25) is 0 Å². The van der Waals surface area contributed by atoms with Crippen LogP contribution < -0.4 is 9.47 Å². The molecule has 0 atom stereocenters. The van der Waals surface area contributed by atoms with Crippen molar-refractivity contribution in [2.75, 3.05) is 6.61 Å². The van der Waals surface area contributed by atoms with E-state index in [9.17, 15) is 31.5 Å². The van der Waals surface area contributed by atoms with Crippen LogP contribution in [0.15, 0.2) is 42.5 Å². The summed E-state index contributed by atoms with van der Waals surface area (Å²) < 4.78 is 79.0. The molecule has 0 amide bonds. The normalized spacial score (nSPS) is 12.0. The van der Waals surface area contributed by atoms with E-state index < -0.39 is 46.8 Å². The molecule has 0 bridgehead atoms. The molecule has 0 fully saturated rings. The van der Waals surface area contributed by atoms with E-state index in [1.54, 1.807) is 6.92 Å². The molecule has 32 heavy (non-hydrogen) atoms. The molecule has 0 aromatic heterocycles. The molecule has 0 saturated heterocycles. The lowest BCUT2D eigenvalue weighted by molar-refractivity contribution is -0.274. The Morgan fingerprint density at radius 1 is 0.969 bits per heavy atom. The minimum Gasteiger partial charge on any atom is -0.470 e. The summed E-state index contributed by atoms with van der Waals surface area (Å²) in [5, 5.41) is 0.